The number of hydrogen-bond acceptors (Lipinski definition) is 2. The maximum absolute atomic E-state index is 13.0. The average molecular weight is 304 g/mol. The molecule has 4 nitrogen and oxygen atoms in total. The minimum absolute atomic E-state index is 0.154. The first-order chi connectivity index (χ1) is 10.1. The van der Waals surface area contributed by atoms with Crippen molar-refractivity contribution in [3.05, 3.63) is 59.1 Å². The Balaban J connectivity index is 1.98. The van der Waals surface area contributed by atoms with Gasteiger partial charge in [-0.25, -0.2) is 9.37 Å². The number of rotatable bonds is 2. The molecule has 6 heteroatoms. The Morgan fingerprint density at radius 2 is 2.19 bits per heavy atom. The molecule has 3 rings (SSSR count). The van der Waals surface area contributed by atoms with Gasteiger partial charge in [0.25, 0.3) is 5.91 Å². The molecule has 0 aliphatic heterocycles. The SMILES string of the molecule is Cn1cc(C(=O)Nc2ccc(F)cc2Cl)c2cccnc21. The number of aromatic nitrogens is 2. The van der Waals surface area contributed by atoms with Gasteiger partial charge >= 0.3 is 0 Å². The molecule has 3 aromatic rings. The third-order valence-corrected chi connectivity index (χ3v) is 3.47. The van der Waals surface area contributed by atoms with Crippen LogP contribution in [0.15, 0.2) is 42.7 Å². The lowest BCUT2D eigenvalue weighted by Gasteiger charge is -2.06. The summed E-state index contributed by atoms with van der Waals surface area (Å²) in [7, 11) is 1.82. The first-order valence-corrected chi connectivity index (χ1v) is 6.60. The van der Waals surface area contributed by atoms with Gasteiger partial charge in [0, 0.05) is 24.8 Å². The van der Waals surface area contributed by atoms with Crippen molar-refractivity contribution in [2.75, 3.05) is 5.32 Å². The Morgan fingerprint density at radius 1 is 1.38 bits per heavy atom. The van der Waals surface area contributed by atoms with Crippen LogP contribution < -0.4 is 5.32 Å². The molecule has 0 saturated carbocycles. The summed E-state index contributed by atoms with van der Waals surface area (Å²) < 4.78 is 14.8. The molecule has 0 saturated heterocycles. The number of carbonyl (C=O) groups is 1. The molecule has 21 heavy (non-hydrogen) atoms. The molecule has 106 valence electrons. The third kappa shape index (κ3) is 2.48. The van der Waals surface area contributed by atoms with Crippen LogP contribution in [0.2, 0.25) is 5.02 Å². The van der Waals surface area contributed by atoms with Crippen LogP contribution in [0.25, 0.3) is 11.0 Å². The zero-order chi connectivity index (χ0) is 15.0. The smallest absolute Gasteiger partial charge is 0.257 e. The Morgan fingerprint density at radius 3 is 2.95 bits per heavy atom. The number of amides is 1. The Labute approximate surface area is 125 Å². The Bertz CT molecular complexity index is 844. The quantitative estimate of drug-likeness (QED) is 0.786. The van der Waals surface area contributed by atoms with Gasteiger partial charge in [0.15, 0.2) is 0 Å². The summed E-state index contributed by atoms with van der Waals surface area (Å²) >= 11 is 5.91. The highest BCUT2D eigenvalue weighted by Gasteiger charge is 2.15. The lowest BCUT2D eigenvalue weighted by molar-refractivity contribution is 0.102. The summed E-state index contributed by atoms with van der Waals surface area (Å²) in [6.07, 6.45) is 3.37. The van der Waals surface area contributed by atoms with E-state index >= 15 is 0 Å². The van der Waals surface area contributed by atoms with Crippen molar-refractivity contribution in [1.82, 2.24) is 9.55 Å². The molecule has 2 heterocycles. The van der Waals surface area contributed by atoms with E-state index in [0.717, 1.165) is 11.5 Å². The summed E-state index contributed by atoms with van der Waals surface area (Å²) in [5.41, 5.74) is 1.57. The highest BCUT2D eigenvalue weighted by molar-refractivity contribution is 6.34. The molecule has 1 amide bonds. The molecule has 1 N–H and O–H groups in total. The Kier molecular flexibility index (Phi) is 3.35. The van der Waals surface area contributed by atoms with E-state index in [2.05, 4.69) is 10.3 Å². The summed E-state index contributed by atoms with van der Waals surface area (Å²) in [5.74, 6) is -0.769. The highest BCUT2D eigenvalue weighted by atomic mass is 35.5. The van der Waals surface area contributed by atoms with Gasteiger partial charge < -0.3 is 9.88 Å². The van der Waals surface area contributed by atoms with E-state index in [1.54, 1.807) is 23.0 Å². The van der Waals surface area contributed by atoms with E-state index in [0.29, 0.717) is 16.9 Å². The van der Waals surface area contributed by atoms with Gasteiger partial charge in [-0.15, -0.1) is 0 Å². The van der Waals surface area contributed by atoms with Crippen molar-refractivity contribution >= 4 is 34.2 Å². The van der Waals surface area contributed by atoms with Crippen LogP contribution in [0.4, 0.5) is 10.1 Å². The van der Waals surface area contributed by atoms with E-state index in [-0.39, 0.29) is 10.9 Å². The fourth-order valence-electron chi connectivity index (χ4n) is 2.17. The van der Waals surface area contributed by atoms with E-state index in [1.165, 1.54) is 12.1 Å². The number of carbonyl (C=O) groups excluding carboxylic acids is 1. The number of hydrogen-bond donors (Lipinski definition) is 1. The van der Waals surface area contributed by atoms with Crippen LogP contribution in [-0.2, 0) is 7.05 Å². The number of benzene rings is 1. The second-order valence-corrected chi connectivity index (χ2v) is 5.01. The fraction of sp³-hybridized carbons (Fsp3) is 0.0667. The van der Waals surface area contributed by atoms with Crippen LogP contribution in [0, 0.1) is 5.82 Å². The zero-order valence-electron chi connectivity index (χ0n) is 11.1. The molecular weight excluding hydrogens is 293 g/mol. The first-order valence-electron chi connectivity index (χ1n) is 6.22. The molecular formula is C15H11ClFN3O. The number of fused-ring (bicyclic) bond motifs is 1. The van der Waals surface area contributed by atoms with Crippen LogP contribution in [-0.4, -0.2) is 15.5 Å². The molecule has 0 atom stereocenters. The summed E-state index contributed by atoms with van der Waals surface area (Å²) in [5, 5.41) is 3.58. The fourth-order valence-corrected chi connectivity index (χ4v) is 2.39. The van der Waals surface area contributed by atoms with E-state index < -0.39 is 5.82 Å². The van der Waals surface area contributed by atoms with Crippen molar-refractivity contribution < 1.29 is 9.18 Å². The first kappa shape index (κ1) is 13.6. The van der Waals surface area contributed by atoms with Gasteiger partial charge in [0.1, 0.15) is 11.5 Å². The van der Waals surface area contributed by atoms with Gasteiger partial charge in [0.05, 0.1) is 16.3 Å². The topological polar surface area (TPSA) is 46.9 Å². The number of halogens is 2. The van der Waals surface area contributed by atoms with Crippen molar-refractivity contribution in [2.24, 2.45) is 7.05 Å². The normalized spacial score (nSPS) is 10.8. The number of anilines is 1. The van der Waals surface area contributed by atoms with E-state index in [4.69, 9.17) is 11.6 Å². The van der Waals surface area contributed by atoms with E-state index in [1.807, 2.05) is 13.1 Å². The monoisotopic (exact) mass is 303 g/mol. The summed E-state index contributed by atoms with van der Waals surface area (Å²) in [4.78, 5) is 16.6. The number of nitrogens with zero attached hydrogens (tertiary/aromatic N) is 2. The van der Waals surface area contributed by atoms with Gasteiger partial charge in [-0.2, -0.15) is 0 Å². The van der Waals surface area contributed by atoms with Crippen molar-refractivity contribution in [2.45, 2.75) is 0 Å². The molecule has 0 fully saturated rings. The van der Waals surface area contributed by atoms with Crippen LogP contribution in [0.3, 0.4) is 0 Å². The molecule has 0 unspecified atom stereocenters. The molecule has 0 bridgehead atoms. The van der Waals surface area contributed by atoms with Gasteiger partial charge in [-0.1, -0.05) is 11.6 Å². The van der Waals surface area contributed by atoms with Crippen LogP contribution >= 0.6 is 11.6 Å². The molecule has 1 aromatic carbocycles. The summed E-state index contributed by atoms with van der Waals surface area (Å²) in [6.45, 7) is 0. The van der Waals surface area contributed by atoms with Crippen molar-refractivity contribution in [3.63, 3.8) is 0 Å². The summed E-state index contributed by atoms with van der Waals surface area (Å²) in [6, 6.07) is 7.42. The predicted molar refractivity (Wildman–Crippen MR) is 80.1 cm³/mol. The van der Waals surface area contributed by atoms with Crippen molar-refractivity contribution in [3.8, 4) is 0 Å². The number of nitrogens with one attached hydrogen (secondary N) is 1. The van der Waals surface area contributed by atoms with Gasteiger partial charge in [0.2, 0.25) is 0 Å². The molecule has 0 aliphatic carbocycles. The largest absolute Gasteiger partial charge is 0.335 e. The second-order valence-electron chi connectivity index (χ2n) is 4.61. The lowest BCUT2D eigenvalue weighted by Crippen LogP contribution is -2.11. The lowest BCUT2D eigenvalue weighted by atomic mass is 10.2. The maximum atomic E-state index is 13.0. The standard InChI is InChI=1S/C15H11ClFN3O/c1-20-8-11(10-3-2-6-18-14(10)20)15(21)19-13-5-4-9(17)7-12(13)16/h2-8H,1H3,(H,19,21). The van der Waals surface area contributed by atoms with Gasteiger partial charge in [-0.3, -0.25) is 4.79 Å². The molecule has 0 spiro atoms. The average Bonchev–Trinajstić information content (AvgIpc) is 2.80. The maximum Gasteiger partial charge on any atom is 0.257 e. The highest BCUT2D eigenvalue weighted by Crippen LogP contribution is 2.25. The predicted octanol–water partition coefficient (Wildman–Crippen LogP) is 3.62. The van der Waals surface area contributed by atoms with Crippen molar-refractivity contribution in [1.29, 1.82) is 0 Å². The van der Waals surface area contributed by atoms with E-state index in [9.17, 15) is 9.18 Å². The number of aryl methyl sites for hydroxylation is 1. The minimum Gasteiger partial charge on any atom is -0.335 e. The van der Waals surface area contributed by atoms with Gasteiger partial charge in [-0.05, 0) is 30.3 Å². The molecule has 0 radical (unpaired) electrons. The van der Waals surface area contributed by atoms with Crippen LogP contribution in [0.1, 0.15) is 10.4 Å². The number of pyridine rings is 1. The molecule has 2 aromatic heterocycles. The third-order valence-electron chi connectivity index (χ3n) is 3.16. The zero-order valence-corrected chi connectivity index (χ0v) is 11.9. The van der Waals surface area contributed by atoms with Crippen LogP contribution in [0.5, 0.6) is 0 Å². The molecule has 0 aliphatic rings. The second kappa shape index (κ2) is 5.18. The Hall–Kier alpha value is -2.40. The minimum atomic E-state index is -0.452.